The molecule has 0 aliphatic rings. The van der Waals surface area contributed by atoms with Crippen molar-refractivity contribution in [1.29, 1.82) is 0 Å². The summed E-state index contributed by atoms with van der Waals surface area (Å²) in [5.41, 5.74) is 3.48. The van der Waals surface area contributed by atoms with Crippen LogP contribution in [0.1, 0.15) is 38.3 Å². The van der Waals surface area contributed by atoms with Crippen molar-refractivity contribution in [2.24, 2.45) is 0 Å². The fourth-order valence-electron chi connectivity index (χ4n) is 1.88. The van der Waals surface area contributed by atoms with Gasteiger partial charge in [0.2, 0.25) is 5.91 Å². The number of carbonyl (C=O) groups is 1. The molecule has 0 fully saturated rings. The summed E-state index contributed by atoms with van der Waals surface area (Å²) in [5, 5.41) is 0. The molecule has 0 heterocycles. The minimum absolute atomic E-state index is 0.0524. The van der Waals surface area contributed by atoms with Gasteiger partial charge in [0.05, 0.1) is 0 Å². The molecule has 1 rings (SSSR count). The number of amides is 1. The molecule has 0 saturated heterocycles. The third-order valence-corrected chi connectivity index (χ3v) is 3.30. The average molecular weight is 268 g/mol. The lowest BCUT2D eigenvalue weighted by atomic mass is 9.86. The second-order valence-corrected chi connectivity index (χ2v) is 6.02. The molecule has 0 aromatic heterocycles. The van der Waals surface area contributed by atoms with E-state index in [0.717, 1.165) is 11.3 Å². The van der Waals surface area contributed by atoms with Gasteiger partial charge in [-0.2, -0.15) is 0 Å². The highest BCUT2D eigenvalue weighted by Crippen LogP contribution is 2.28. The molecule has 0 aliphatic carbocycles. The fourth-order valence-corrected chi connectivity index (χ4v) is 2.04. The van der Waals surface area contributed by atoms with Crippen LogP contribution in [0.4, 0.5) is 5.69 Å². The maximum absolute atomic E-state index is 11.8. The van der Waals surface area contributed by atoms with Gasteiger partial charge in [-0.15, -0.1) is 11.6 Å². The van der Waals surface area contributed by atoms with Crippen molar-refractivity contribution in [3.8, 4) is 0 Å². The summed E-state index contributed by atoms with van der Waals surface area (Å²) in [7, 11) is 1.80. The largest absolute Gasteiger partial charge is 0.315 e. The Morgan fingerprint density at radius 3 is 2.39 bits per heavy atom. The minimum Gasteiger partial charge on any atom is -0.315 e. The molecule has 0 N–H and O–H groups in total. The van der Waals surface area contributed by atoms with Gasteiger partial charge in [0.15, 0.2) is 0 Å². The van der Waals surface area contributed by atoms with Gasteiger partial charge in [0, 0.05) is 25.0 Å². The van der Waals surface area contributed by atoms with Crippen LogP contribution in [0.3, 0.4) is 0 Å². The number of hydrogen-bond acceptors (Lipinski definition) is 1. The van der Waals surface area contributed by atoms with Crippen LogP contribution in [-0.4, -0.2) is 18.8 Å². The van der Waals surface area contributed by atoms with Crippen LogP contribution in [0.2, 0.25) is 0 Å². The molecule has 18 heavy (non-hydrogen) atoms. The highest BCUT2D eigenvalue weighted by Gasteiger charge is 2.17. The van der Waals surface area contributed by atoms with Crippen LogP contribution in [0.25, 0.3) is 0 Å². The summed E-state index contributed by atoms with van der Waals surface area (Å²) in [5.74, 6) is 0.416. The van der Waals surface area contributed by atoms with E-state index in [1.807, 2.05) is 13.0 Å². The Balaban J connectivity index is 3.02. The molecule has 0 spiro atoms. The second-order valence-electron chi connectivity index (χ2n) is 5.64. The van der Waals surface area contributed by atoms with E-state index < -0.39 is 0 Å². The number of rotatable bonds is 3. The van der Waals surface area contributed by atoms with Crippen LogP contribution in [0.5, 0.6) is 0 Å². The van der Waals surface area contributed by atoms with E-state index in [1.54, 1.807) is 11.9 Å². The van der Waals surface area contributed by atoms with E-state index in [2.05, 4.69) is 32.9 Å². The molecule has 0 bridgehead atoms. The number of nitrogens with zero attached hydrogens (tertiary/aromatic N) is 1. The Labute approximate surface area is 115 Å². The van der Waals surface area contributed by atoms with Crippen LogP contribution in [-0.2, 0) is 10.2 Å². The SMILES string of the molecule is Cc1cc(C(C)(C)C)ccc1N(C)C(=O)CCCl. The van der Waals surface area contributed by atoms with Crippen molar-refractivity contribution in [2.75, 3.05) is 17.8 Å². The second kappa shape index (κ2) is 5.75. The number of benzene rings is 1. The molecule has 100 valence electrons. The highest BCUT2D eigenvalue weighted by molar-refractivity contribution is 6.19. The van der Waals surface area contributed by atoms with E-state index in [9.17, 15) is 4.79 Å². The Morgan fingerprint density at radius 1 is 1.33 bits per heavy atom. The van der Waals surface area contributed by atoms with E-state index in [4.69, 9.17) is 11.6 Å². The maximum atomic E-state index is 11.8. The molecule has 0 aliphatic heterocycles. The summed E-state index contributed by atoms with van der Waals surface area (Å²) in [4.78, 5) is 13.5. The third kappa shape index (κ3) is 3.49. The van der Waals surface area contributed by atoms with Gasteiger partial charge in [0.1, 0.15) is 0 Å². The number of hydrogen-bond donors (Lipinski definition) is 0. The molecule has 0 atom stereocenters. The van der Waals surface area contributed by atoms with E-state index >= 15 is 0 Å². The Bertz CT molecular complexity index is 435. The van der Waals surface area contributed by atoms with Crippen LogP contribution in [0.15, 0.2) is 18.2 Å². The van der Waals surface area contributed by atoms with Crippen LogP contribution < -0.4 is 4.90 Å². The van der Waals surface area contributed by atoms with Gasteiger partial charge >= 0.3 is 0 Å². The first-order valence-corrected chi connectivity index (χ1v) is 6.74. The standard InChI is InChI=1S/C15H22ClNO/c1-11-10-12(15(2,3)4)6-7-13(11)17(5)14(18)8-9-16/h6-7,10H,8-9H2,1-5H3. The lowest BCUT2D eigenvalue weighted by Crippen LogP contribution is -2.27. The van der Waals surface area contributed by atoms with Crippen molar-refractivity contribution in [3.05, 3.63) is 29.3 Å². The summed E-state index contributed by atoms with van der Waals surface area (Å²) in [6.45, 7) is 8.59. The summed E-state index contributed by atoms with van der Waals surface area (Å²) < 4.78 is 0. The zero-order chi connectivity index (χ0) is 13.9. The first kappa shape index (κ1) is 15.0. The van der Waals surface area contributed by atoms with Crippen molar-refractivity contribution in [3.63, 3.8) is 0 Å². The van der Waals surface area contributed by atoms with E-state index in [1.165, 1.54) is 5.56 Å². The van der Waals surface area contributed by atoms with Gasteiger partial charge in [0.25, 0.3) is 0 Å². The first-order chi connectivity index (χ1) is 8.27. The zero-order valence-corrected chi connectivity index (χ0v) is 12.6. The number of carbonyl (C=O) groups excluding carboxylic acids is 1. The Kier molecular flexibility index (Phi) is 4.80. The van der Waals surface area contributed by atoms with Gasteiger partial charge in [-0.3, -0.25) is 4.79 Å². The number of aryl methyl sites for hydroxylation is 1. The van der Waals surface area contributed by atoms with Gasteiger partial charge in [-0.1, -0.05) is 32.9 Å². The van der Waals surface area contributed by atoms with Crippen LogP contribution >= 0.6 is 11.6 Å². The van der Waals surface area contributed by atoms with E-state index in [0.29, 0.717) is 12.3 Å². The molecule has 0 radical (unpaired) electrons. The third-order valence-electron chi connectivity index (χ3n) is 3.11. The molecule has 3 heteroatoms. The summed E-state index contributed by atoms with van der Waals surface area (Å²) in [6.07, 6.45) is 0.374. The molecular weight excluding hydrogens is 246 g/mol. The van der Waals surface area contributed by atoms with Crippen molar-refractivity contribution < 1.29 is 4.79 Å². The molecule has 1 aromatic carbocycles. The number of anilines is 1. The summed E-state index contributed by atoms with van der Waals surface area (Å²) in [6, 6.07) is 6.26. The normalized spacial score (nSPS) is 11.4. The Morgan fingerprint density at radius 2 is 1.94 bits per heavy atom. The minimum atomic E-state index is 0.0524. The average Bonchev–Trinajstić information content (AvgIpc) is 2.27. The van der Waals surface area contributed by atoms with Gasteiger partial charge in [-0.05, 0) is 29.5 Å². The maximum Gasteiger partial charge on any atom is 0.227 e. The molecule has 1 amide bonds. The Hall–Kier alpha value is -1.02. The molecule has 0 saturated carbocycles. The fraction of sp³-hybridized carbons (Fsp3) is 0.533. The molecule has 0 unspecified atom stereocenters. The summed E-state index contributed by atoms with van der Waals surface area (Å²) >= 11 is 5.61. The molecule has 2 nitrogen and oxygen atoms in total. The number of halogens is 1. The molecule has 1 aromatic rings. The topological polar surface area (TPSA) is 20.3 Å². The lowest BCUT2D eigenvalue weighted by Gasteiger charge is -2.24. The van der Waals surface area contributed by atoms with Crippen molar-refractivity contribution in [1.82, 2.24) is 0 Å². The van der Waals surface area contributed by atoms with Gasteiger partial charge < -0.3 is 4.90 Å². The predicted octanol–water partition coefficient (Wildman–Crippen LogP) is 3.88. The first-order valence-electron chi connectivity index (χ1n) is 6.21. The smallest absolute Gasteiger partial charge is 0.227 e. The highest BCUT2D eigenvalue weighted by atomic mass is 35.5. The van der Waals surface area contributed by atoms with Crippen molar-refractivity contribution in [2.45, 2.75) is 39.5 Å². The zero-order valence-electron chi connectivity index (χ0n) is 11.9. The lowest BCUT2D eigenvalue weighted by molar-refractivity contribution is -0.117. The predicted molar refractivity (Wildman–Crippen MR) is 78.6 cm³/mol. The monoisotopic (exact) mass is 267 g/mol. The number of alkyl halides is 1. The quantitative estimate of drug-likeness (QED) is 0.761. The molecular formula is C15H22ClNO. The van der Waals surface area contributed by atoms with Crippen molar-refractivity contribution >= 4 is 23.2 Å². The van der Waals surface area contributed by atoms with E-state index in [-0.39, 0.29) is 11.3 Å². The van der Waals surface area contributed by atoms with Crippen LogP contribution in [0, 0.1) is 6.92 Å². The van der Waals surface area contributed by atoms with Gasteiger partial charge in [-0.25, -0.2) is 0 Å².